The van der Waals surface area contributed by atoms with Crippen molar-refractivity contribution in [3.05, 3.63) is 65.7 Å². The summed E-state index contributed by atoms with van der Waals surface area (Å²) in [5.74, 6) is -2.53. The van der Waals surface area contributed by atoms with E-state index in [1.807, 2.05) is 0 Å². The SMILES string of the molecule is O=C([O-])c1cccc(C(=O)O)c1.O=S(=O)(O)c1ccccc1.[Na+]. The molecule has 0 aliphatic heterocycles. The van der Waals surface area contributed by atoms with Gasteiger partial charge in [-0.3, -0.25) is 4.55 Å². The molecular weight excluding hydrogens is 335 g/mol. The average Bonchev–Trinajstić information content (AvgIpc) is 2.48. The standard InChI is InChI=1S/C8H6O4.C6H6O3S.Na/c9-7(10)5-2-1-3-6(4-5)8(11)12;7-10(8,9)6-4-2-1-3-5-6;/h1-4H,(H,9,10)(H,11,12);1-5H,(H,7,8,9);/q;;+1/p-1. The zero-order valence-electron chi connectivity index (χ0n) is 12.0. The van der Waals surface area contributed by atoms with Crippen LogP contribution in [0.3, 0.4) is 0 Å². The fourth-order valence-electron chi connectivity index (χ4n) is 1.37. The van der Waals surface area contributed by atoms with E-state index in [0.717, 1.165) is 6.07 Å². The van der Waals surface area contributed by atoms with Crippen LogP contribution in [0.4, 0.5) is 0 Å². The van der Waals surface area contributed by atoms with Gasteiger partial charge in [0.15, 0.2) is 0 Å². The Bertz CT molecular complexity index is 743. The molecule has 0 heterocycles. The third kappa shape index (κ3) is 7.40. The van der Waals surface area contributed by atoms with Gasteiger partial charge in [0.1, 0.15) is 0 Å². The van der Waals surface area contributed by atoms with E-state index in [1.54, 1.807) is 18.2 Å². The Morgan fingerprint density at radius 2 is 1.43 bits per heavy atom. The predicted molar refractivity (Wildman–Crippen MR) is 74.0 cm³/mol. The van der Waals surface area contributed by atoms with Gasteiger partial charge in [-0.25, -0.2) is 4.79 Å². The van der Waals surface area contributed by atoms with Crippen LogP contribution in [0.15, 0.2) is 59.5 Å². The van der Waals surface area contributed by atoms with Crippen molar-refractivity contribution >= 4 is 22.1 Å². The van der Waals surface area contributed by atoms with Gasteiger partial charge in [-0.05, 0) is 29.8 Å². The molecule has 2 aromatic rings. The molecule has 9 heteroatoms. The number of carbonyl (C=O) groups excluding carboxylic acids is 1. The summed E-state index contributed by atoms with van der Waals surface area (Å²) >= 11 is 0. The van der Waals surface area contributed by atoms with E-state index in [4.69, 9.17) is 9.66 Å². The van der Waals surface area contributed by atoms with Gasteiger partial charge in [0.25, 0.3) is 10.1 Å². The fourth-order valence-corrected chi connectivity index (χ4v) is 1.87. The number of carboxylic acid groups (broad SMARTS) is 2. The van der Waals surface area contributed by atoms with Crippen molar-refractivity contribution in [1.29, 1.82) is 0 Å². The molecule has 0 radical (unpaired) electrons. The van der Waals surface area contributed by atoms with E-state index in [-0.39, 0.29) is 45.6 Å². The van der Waals surface area contributed by atoms with Gasteiger partial charge in [0, 0.05) is 0 Å². The molecule has 0 bridgehead atoms. The van der Waals surface area contributed by atoms with Crippen molar-refractivity contribution in [1.82, 2.24) is 0 Å². The largest absolute Gasteiger partial charge is 1.00 e. The van der Waals surface area contributed by atoms with E-state index >= 15 is 0 Å². The third-order valence-corrected chi connectivity index (χ3v) is 3.25. The molecule has 0 aliphatic carbocycles. The summed E-state index contributed by atoms with van der Waals surface area (Å²) in [6.07, 6.45) is 0. The van der Waals surface area contributed by atoms with Crippen molar-refractivity contribution in [2.75, 3.05) is 0 Å². The minimum Gasteiger partial charge on any atom is -0.545 e. The Balaban J connectivity index is 0.000000409. The summed E-state index contributed by atoms with van der Waals surface area (Å²) in [7, 11) is -4.00. The van der Waals surface area contributed by atoms with Crippen LogP contribution < -0.4 is 34.7 Å². The zero-order chi connectivity index (χ0) is 16.8. The molecule has 0 spiro atoms. The third-order valence-electron chi connectivity index (χ3n) is 2.39. The second-order valence-corrected chi connectivity index (χ2v) is 5.38. The smallest absolute Gasteiger partial charge is 0.545 e. The maximum absolute atomic E-state index is 10.4. The van der Waals surface area contributed by atoms with Gasteiger partial charge in [-0.1, -0.05) is 30.3 Å². The maximum atomic E-state index is 10.4. The first kappa shape index (κ1) is 21.3. The number of carboxylic acids is 2. The van der Waals surface area contributed by atoms with Gasteiger partial charge in [-0.15, -0.1) is 0 Å². The fraction of sp³-hybridized carbons (Fsp3) is 0. The second-order valence-electron chi connectivity index (χ2n) is 3.96. The monoisotopic (exact) mass is 346 g/mol. The minimum absolute atomic E-state index is 0. The molecule has 0 atom stereocenters. The quantitative estimate of drug-likeness (QED) is 0.471. The summed E-state index contributed by atoms with van der Waals surface area (Å²) in [6.45, 7) is 0. The molecule has 0 saturated carbocycles. The van der Waals surface area contributed by atoms with Crippen molar-refractivity contribution in [3.8, 4) is 0 Å². The summed E-state index contributed by atoms with van der Waals surface area (Å²) in [5.41, 5.74) is -0.188. The first-order chi connectivity index (χ1) is 10.2. The van der Waals surface area contributed by atoms with Crippen LogP contribution in [0.5, 0.6) is 0 Å². The Labute approximate surface area is 154 Å². The number of hydrogen-bond donors (Lipinski definition) is 2. The van der Waals surface area contributed by atoms with Crippen LogP contribution in [0.25, 0.3) is 0 Å². The molecule has 0 amide bonds. The molecule has 23 heavy (non-hydrogen) atoms. The maximum Gasteiger partial charge on any atom is 1.00 e. The second kappa shape index (κ2) is 9.43. The molecule has 2 rings (SSSR count). The topological polar surface area (TPSA) is 132 Å². The van der Waals surface area contributed by atoms with Gasteiger partial charge in [-0.2, -0.15) is 8.42 Å². The number of aromatic carboxylic acids is 2. The molecule has 2 N–H and O–H groups in total. The minimum atomic E-state index is -4.00. The van der Waals surface area contributed by atoms with E-state index in [0.29, 0.717) is 0 Å². The summed E-state index contributed by atoms with van der Waals surface area (Å²) in [4.78, 5) is 20.6. The van der Waals surface area contributed by atoms with E-state index < -0.39 is 22.1 Å². The van der Waals surface area contributed by atoms with Crippen LogP contribution >= 0.6 is 0 Å². The van der Waals surface area contributed by atoms with Crippen LogP contribution in [0.1, 0.15) is 20.7 Å². The number of carbonyl (C=O) groups is 2. The molecule has 116 valence electrons. The van der Waals surface area contributed by atoms with E-state index in [2.05, 4.69) is 0 Å². The molecular formula is C14H11NaO7S. The first-order valence-corrected chi connectivity index (χ1v) is 7.23. The van der Waals surface area contributed by atoms with Gasteiger partial charge in [0.2, 0.25) is 0 Å². The van der Waals surface area contributed by atoms with Crippen LogP contribution in [0.2, 0.25) is 0 Å². The number of hydrogen-bond acceptors (Lipinski definition) is 5. The van der Waals surface area contributed by atoms with E-state index in [9.17, 15) is 23.1 Å². The van der Waals surface area contributed by atoms with Crippen molar-refractivity contribution in [2.45, 2.75) is 4.90 Å². The normalized spacial score (nSPS) is 9.78. The van der Waals surface area contributed by atoms with Gasteiger partial charge >= 0.3 is 35.5 Å². The average molecular weight is 346 g/mol. The van der Waals surface area contributed by atoms with Gasteiger partial charge < -0.3 is 15.0 Å². The molecule has 0 unspecified atom stereocenters. The number of rotatable bonds is 3. The Morgan fingerprint density at radius 1 is 0.913 bits per heavy atom. The Hall–Kier alpha value is -1.71. The molecule has 2 aromatic carbocycles. The van der Waals surface area contributed by atoms with Crippen molar-refractivity contribution < 1.29 is 62.3 Å². The van der Waals surface area contributed by atoms with Crippen LogP contribution in [-0.4, -0.2) is 30.0 Å². The van der Waals surface area contributed by atoms with Crippen LogP contribution in [-0.2, 0) is 10.1 Å². The summed E-state index contributed by atoms with van der Waals surface area (Å²) < 4.78 is 29.2. The van der Waals surface area contributed by atoms with Crippen LogP contribution in [0, 0.1) is 0 Å². The first-order valence-electron chi connectivity index (χ1n) is 5.79. The predicted octanol–water partition coefficient (Wildman–Crippen LogP) is -2.31. The number of benzene rings is 2. The van der Waals surface area contributed by atoms with Crippen molar-refractivity contribution in [3.63, 3.8) is 0 Å². The van der Waals surface area contributed by atoms with Gasteiger partial charge in [0.05, 0.1) is 16.4 Å². The molecule has 0 aromatic heterocycles. The molecule has 0 saturated heterocycles. The van der Waals surface area contributed by atoms with E-state index in [1.165, 1.54) is 30.3 Å². The Kier molecular flexibility index (Phi) is 8.73. The summed E-state index contributed by atoms with van der Waals surface area (Å²) in [5, 5.41) is 18.7. The molecule has 0 aliphatic rings. The molecule has 7 nitrogen and oxygen atoms in total. The van der Waals surface area contributed by atoms with Crippen molar-refractivity contribution in [2.24, 2.45) is 0 Å². The zero-order valence-corrected chi connectivity index (χ0v) is 14.9. The Morgan fingerprint density at radius 3 is 1.83 bits per heavy atom. The summed E-state index contributed by atoms with van der Waals surface area (Å²) in [6, 6.07) is 12.4. The molecule has 0 fully saturated rings.